The molecule has 4 heteroatoms. The zero-order valence-corrected chi connectivity index (χ0v) is 12.5. The van der Waals surface area contributed by atoms with E-state index in [1.807, 2.05) is 30.3 Å². The van der Waals surface area contributed by atoms with Crippen LogP contribution in [0.25, 0.3) is 5.69 Å². The number of nitrogens with one attached hydrogen (secondary N) is 1. The van der Waals surface area contributed by atoms with Crippen molar-refractivity contribution in [3.05, 3.63) is 48.3 Å². The van der Waals surface area contributed by atoms with Gasteiger partial charge in [-0.2, -0.15) is 5.10 Å². The van der Waals surface area contributed by atoms with Crippen molar-refractivity contribution in [1.82, 2.24) is 15.1 Å². The summed E-state index contributed by atoms with van der Waals surface area (Å²) in [7, 11) is 1.82. The highest BCUT2D eigenvalue weighted by molar-refractivity contribution is 5.40. The lowest BCUT2D eigenvalue weighted by Gasteiger charge is -2.29. The highest BCUT2D eigenvalue weighted by atomic mass is 16.5. The molecule has 0 amide bonds. The molecule has 1 aliphatic rings. The van der Waals surface area contributed by atoms with Crippen LogP contribution in [-0.2, 0) is 11.3 Å². The zero-order valence-electron chi connectivity index (χ0n) is 12.5. The van der Waals surface area contributed by atoms with E-state index in [9.17, 15) is 0 Å². The van der Waals surface area contributed by atoms with Crippen molar-refractivity contribution in [3.63, 3.8) is 0 Å². The van der Waals surface area contributed by atoms with Crippen LogP contribution in [0, 0.1) is 0 Å². The van der Waals surface area contributed by atoms with E-state index in [0.717, 1.165) is 18.7 Å². The van der Waals surface area contributed by atoms with Crippen LogP contribution in [0.4, 0.5) is 0 Å². The number of nitrogens with zero attached hydrogens (tertiary/aromatic N) is 2. The molecule has 1 fully saturated rings. The molecule has 0 saturated heterocycles. The van der Waals surface area contributed by atoms with Crippen LogP contribution < -0.4 is 5.32 Å². The molecular weight excluding hydrogens is 262 g/mol. The number of methoxy groups -OCH3 is 1. The van der Waals surface area contributed by atoms with E-state index < -0.39 is 0 Å². The number of benzene rings is 1. The Morgan fingerprint density at radius 3 is 3.00 bits per heavy atom. The monoisotopic (exact) mass is 285 g/mol. The number of aromatic nitrogens is 2. The van der Waals surface area contributed by atoms with Crippen molar-refractivity contribution in [2.75, 3.05) is 7.11 Å². The molecule has 1 saturated carbocycles. The third kappa shape index (κ3) is 3.52. The second kappa shape index (κ2) is 6.87. The van der Waals surface area contributed by atoms with E-state index in [4.69, 9.17) is 4.74 Å². The summed E-state index contributed by atoms with van der Waals surface area (Å²) >= 11 is 0. The average molecular weight is 285 g/mol. The van der Waals surface area contributed by atoms with E-state index in [1.54, 1.807) is 0 Å². The molecule has 4 nitrogen and oxygen atoms in total. The molecule has 112 valence electrons. The number of hydrogen-bond donors (Lipinski definition) is 1. The van der Waals surface area contributed by atoms with Crippen LogP contribution in [0.1, 0.15) is 31.2 Å². The van der Waals surface area contributed by atoms with Crippen molar-refractivity contribution in [1.29, 1.82) is 0 Å². The quantitative estimate of drug-likeness (QED) is 0.918. The second-order valence-electron chi connectivity index (χ2n) is 5.68. The molecule has 1 aliphatic carbocycles. The third-order valence-electron chi connectivity index (χ3n) is 4.28. The normalized spacial score (nSPS) is 22.3. The van der Waals surface area contributed by atoms with Crippen molar-refractivity contribution >= 4 is 0 Å². The van der Waals surface area contributed by atoms with E-state index in [0.29, 0.717) is 12.1 Å². The Labute approximate surface area is 126 Å². The maximum Gasteiger partial charge on any atom is 0.0690 e. The topological polar surface area (TPSA) is 39.1 Å². The number of para-hydroxylation sites is 1. The smallest absolute Gasteiger partial charge is 0.0690 e. The van der Waals surface area contributed by atoms with Gasteiger partial charge in [-0.05, 0) is 43.4 Å². The molecule has 1 aromatic carbocycles. The predicted molar refractivity (Wildman–Crippen MR) is 83.5 cm³/mol. The average Bonchev–Trinajstić information content (AvgIpc) is 3.08. The third-order valence-corrected chi connectivity index (χ3v) is 4.28. The van der Waals surface area contributed by atoms with Gasteiger partial charge in [0.15, 0.2) is 0 Å². The standard InChI is InChI=1S/C17H23N3O/c1-21-16-8-4-7-15(12-16)18-13-14-6-2-3-9-17(14)20-11-5-10-19-20/h2-3,5-6,9-11,15-16,18H,4,7-8,12-13H2,1H3. The van der Waals surface area contributed by atoms with Crippen LogP contribution >= 0.6 is 0 Å². The fourth-order valence-electron chi connectivity index (χ4n) is 3.09. The second-order valence-corrected chi connectivity index (χ2v) is 5.68. The highest BCUT2D eigenvalue weighted by Gasteiger charge is 2.21. The first kappa shape index (κ1) is 14.3. The Morgan fingerprint density at radius 2 is 2.19 bits per heavy atom. The summed E-state index contributed by atoms with van der Waals surface area (Å²) in [6.07, 6.45) is 9.01. The van der Waals surface area contributed by atoms with Gasteiger partial charge in [0.1, 0.15) is 0 Å². The molecule has 1 N–H and O–H groups in total. The maximum atomic E-state index is 5.50. The van der Waals surface area contributed by atoms with Crippen LogP contribution in [0.15, 0.2) is 42.7 Å². The molecule has 0 radical (unpaired) electrons. The summed E-state index contributed by atoms with van der Waals surface area (Å²) in [5.41, 5.74) is 2.43. The Bertz CT molecular complexity index is 553. The van der Waals surface area contributed by atoms with Gasteiger partial charge in [-0.3, -0.25) is 0 Å². The van der Waals surface area contributed by atoms with Gasteiger partial charge < -0.3 is 10.1 Å². The van der Waals surface area contributed by atoms with Gasteiger partial charge in [0, 0.05) is 32.1 Å². The van der Waals surface area contributed by atoms with Gasteiger partial charge in [0.2, 0.25) is 0 Å². The first-order valence-corrected chi connectivity index (χ1v) is 7.71. The molecule has 0 bridgehead atoms. The summed E-state index contributed by atoms with van der Waals surface area (Å²) in [5.74, 6) is 0. The Kier molecular flexibility index (Phi) is 4.68. The molecule has 2 unspecified atom stereocenters. The molecule has 1 aromatic heterocycles. The van der Waals surface area contributed by atoms with E-state index >= 15 is 0 Å². The maximum absolute atomic E-state index is 5.50. The van der Waals surface area contributed by atoms with Crippen LogP contribution in [-0.4, -0.2) is 29.0 Å². The van der Waals surface area contributed by atoms with E-state index in [2.05, 4.69) is 34.7 Å². The van der Waals surface area contributed by atoms with Gasteiger partial charge in [-0.1, -0.05) is 18.2 Å². The van der Waals surface area contributed by atoms with Crippen molar-refractivity contribution in [3.8, 4) is 5.69 Å². The molecule has 0 spiro atoms. The highest BCUT2D eigenvalue weighted by Crippen LogP contribution is 2.21. The summed E-state index contributed by atoms with van der Waals surface area (Å²) in [6.45, 7) is 0.872. The van der Waals surface area contributed by atoms with Crippen LogP contribution in [0.3, 0.4) is 0 Å². The van der Waals surface area contributed by atoms with Crippen LogP contribution in [0.5, 0.6) is 0 Å². The first-order valence-electron chi connectivity index (χ1n) is 7.71. The fourth-order valence-corrected chi connectivity index (χ4v) is 3.09. The molecule has 2 atom stereocenters. The lowest BCUT2D eigenvalue weighted by Crippen LogP contribution is -2.36. The summed E-state index contributed by atoms with van der Waals surface area (Å²) in [5, 5.41) is 8.02. The van der Waals surface area contributed by atoms with E-state index in [-0.39, 0.29) is 0 Å². The minimum atomic E-state index is 0.414. The largest absolute Gasteiger partial charge is 0.381 e. The minimum Gasteiger partial charge on any atom is -0.381 e. The van der Waals surface area contributed by atoms with Crippen molar-refractivity contribution in [2.24, 2.45) is 0 Å². The lowest BCUT2D eigenvalue weighted by atomic mass is 9.92. The van der Waals surface area contributed by atoms with Gasteiger partial charge in [0.25, 0.3) is 0 Å². The molecule has 0 aliphatic heterocycles. The Balaban J connectivity index is 1.66. The summed E-state index contributed by atoms with van der Waals surface area (Å²) in [6, 6.07) is 10.9. The van der Waals surface area contributed by atoms with Crippen molar-refractivity contribution in [2.45, 2.75) is 44.4 Å². The minimum absolute atomic E-state index is 0.414. The lowest BCUT2D eigenvalue weighted by molar-refractivity contribution is 0.0586. The number of ether oxygens (including phenoxy) is 1. The van der Waals surface area contributed by atoms with Crippen molar-refractivity contribution < 1.29 is 4.74 Å². The molecule has 2 aromatic rings. The fraction of sp³-hybridized carbons (Fsp3) is 0.471. The molecule has 21 heavy (non-hydrogen) atoms. The number of hydrogen-bond acceptors (Lipinski definition) is 3. The zero-order chi connectivity index (χ0) is 14.5. The van der Waals surface area contributed by atoms with Gasteiger partial charge in [-0.25, -0.2) is 4.68 Å². The van der Waals surface area contributed by atoms with E-state index in [1.165, 1.54) is 24.8 Å². The molecule has 1 heterocycles. The van der Waals surface area contributed by atoms with Gasteiger partial charge >= 0.3 is 0 Å². The predicted octanol–water partition coefficient (Wildman–Crippen LogP) is 2.92. The summed E-state index contributed by atoms with van der Waals surface area (Å²) in [4.78, 5) is 0. The van der Waals surface area contributed by atoms with Gasteiger partial charge in [0.05, 0.1) is 11.8 Å². The number of rotatable bonds is 5. The van der Waals surface area contributed by atoms with Gasteiger partial charge in [-0.15, -0.1) is 0 Å². The molecule has 3 rings (SSSR count). The summed E-state index contributed by atoms with van der Waals surface area (Å²) < 4.78 is 7.43. The first-order chi connectivity index (χ1) is 10.4. The van der Waals surface area contributed by atoms with Crippen LogP contribution in [0.2, 0.25) is 0 Å². The Hall–Kier alpha value is -1.65. The SMILES string of the molecule is COC1CCCC(NCc2ccccc2-n2cccn2)C1. The molecular formula is C17H23N3O. The Morgan fingerprint density at radius 1 is 1.29 bits per heavy atom.